The number of hydrogen-bond acceptors (Lipinski definition) is 5. The molecule has 13 heavy (non-hydrogen) atoms. The molecule has 0 aliphatic heterocycles. The van der Waals surface area contributed by atoms with Crippen molar-refractivity contribution in [2.24, 2.45) is 0 Å². The maximum Gasteiger partial charge on any atom is 0.213 e. The van der Waals surface area contributed by atoms with Crippen LogP contribution in [0.25, 0.3) is 0 Å². The molecule has 1 heterocycles. The molecule has 1 aromatic heterocycles. The van der Waals surface area contributed by atoms with Gasteiger partial charge < -0.3 is 14.6 Å². The van der Waals surface area contributed by atoms with Crippen LogP contribution in [-0.2, 0) is 11.3 Å². The maximum absolute atomic E-state index is 5.28. The molecule has 74 valence electrons. The highest BCUT2D eigenvalue weighted by molar-refractivity contribution is 4.75. The van der Waals surface area contributed by atoms with Gasteiger partial charge in [0, 0.05) is 13.2 Å². The van der Waals surface area contributed by atoms with Gasteiger partial charge in [-0.3, -0.25) is 0 Å². The van der Waals surface area contributed by atoms with E-state index in [4.69, 9.17) is 4.74 Å². The Morgan fingerprint density at radius 2 is 2.46 bits per heavy atom. The van der Waals surface area contributed by atoms with E-state index < -0.39 is 0 Å². The summed E-state index contributed by atoms with van der Waals surface area (Å²) in [5.74, 6) is 0.676. The Labute approximate surface area is 77.5 Å². The molecule has 0 saturated heterocycles. The summed E-state index contributed by atoms with van der Waals surface area (Å²) in [5.41, 5.74) is 0. The van der Waals surface area contributed by atoms with Crippen molar-refractivity contribution >= 4 is 0 Å². The van der Waals surface area contributed by atoms with Gasteiger partial charge in [-0.05, 0) is 6.42 Å². The van der Waals surface area contributed by atoms with Crippen molar-refractivity contribution in [1.29, 1.82) is 0 Å². The van der Waals surface area contributed by atoms with Gasteiger partial charge in [0.2, 0.25) is 6.39 Å². The zero-order chi connectivity index (χ0) is 9.36. The van der Waals surface area contributed by atoms with Gasteiger partial charge in [-0.1, -0.05) is 12.1 Å². The Kier molecular flexibility index (Phi) is 5.12. The Morgan fingerprint density at radius 1 is 1.54 bits per heavy atom. The molecule has 0 amide bonds. The second-order valence-corrected chi connectivity index (χ2v) is 2.64. The highest BCUT2D eigenvalue weighted by Crippen LogP contribution is 1.86. The second-order valence-electron chi connectivity index (χ2n) is 2.64. The van der Waals surface area contributed by atoms with Crippen molar-refractivity contribution < 1.29 is 9.26 Å². The molecule has 0 atom stereocenters. The minimum atomic E-state index is 0.631. The van der Waals surface area contributed by atoms with Crippen LogP contribution in [0.2, 0.25) is 0 Å². The summed E-state index contributed by atoms with van der Waals surface area (Å²) in [6, 6.07) is 0. The molecular weight excluding hydrogens is 170 g/mol. The lowest BCUT2D eigenvalue weighted by Gasteiger charge is -2.02. The third-order valence-corrected chi connectivity index (χ3v) is 1.46. The lowest BCUT2D eigenvalue weighted by atomic mass is 10.5. The summed E-state index contributed by atoms with van der Waals surface area (Å²) in [5, 5.41) is 6.80. The summed E-state index contributed by atoms with van der Waals surface area (Å²) in [4.78, 5) is 3.87. The van der Waals surface area contributed by atoms with E-state index in [0.717, 1.165) is 26.2 Å². The fourth-order valence-electron chi connectivity index (χ4n) is 0.861. The van der Waals surface area contributed by atoms with Crippen molar-refractivity contribution in [3.8, 4) is 0 Å². The number of rotatable bonds is 7. The summed E-state index contributed by atoms with van der Waals surface area (Å²) < 4.78 is 9.85. The lowest BCUT2D eigenvalue weighted by molar-refractivity contribution is 0.136. The van der Waals surface area contributed by atoms with Crippen LogP contribution in [0.3, 0.4) is 0 Å². The Balaban J connectivity index is 1.90. The van der Waals surface area contributed by atoms with Crippen molar-refractivity contribution in [3.05, 3.63) is 12.2 Å². The first-order valence-corrected chi connectivity index (χ1v) is 4.47. The molecule has 0 spiro atoms. The van der Waals surface area contributed by atoms with Gasteiger partial charge in [-0.15, -0.1) is 0 Å². The second kappa shape index (κ2) is 6.56. The average molecular weight is 185 g/mol. The van der Waals surface area contributed by atoms with Crippen LogP contribution >= 0.6 is 0 Å². The van der Waals surface area contributed by atoms with Crippen molar-refractivity contribution in [1.82, 2.24) is 15.5 Å². The van der Waals surface area contributed by atoms with Crippen LogP contribution in [-0.4, -0.2) is 29.9 Å². The molecule has 0 aliphatic rings. The van der Waals surface area contributed by atoms with Crippen LogP contribution < -0.4 is 5.32 Å². The van der Waals surface area contributed by atoms with Crippen LogP contribution in [0.4, 0.5) is 0 Å². The topological polar surface area (TPSA) is 60.2 Å². The SMILES string of the molecule is CCCOCCNCc1ncon1. The molecule has 5 heteroatoms. The quantitative estimate of drug-likeness (QED) is 0.630. The van der Waals surface area contributed by atoms with E-state index in [1.807, 2.05) is 0 Å². The maximum atomic E-state index is 5.28. The smallest absolute Gasteiger partial charge is 0.213 e. The van der Waals surface area contributed by atoms with Gasteiger partial charge in [-0.25, -0.2) is 0 Å². The van der Waals surface area contributed by atoms with E-state index in [1.54, 1.807) is 0 Å². The summed E-state index contributed by atoms with van der Waals surface area (Å²) in [6.07, 6.45) is 2.38. The highest BCUT2D eigenvalue weighted by atomic mass is 16.5. The Hall–Kier alpha value is -0.940. The number of ether oxygens (including phenoxy) is 1. The predicted octanol–water partition coefficient (Wildman–Crippen LogP) is 0.586. The first-order valence-electron chi connectivity index (χ1n) is 4.47. The number of nitrogens with zero attached hydrogens (tertiary/aromatic N) is 2. The third-order valence-electron chi connectivity index (χ3n) is 1.46. The predicted molar refractivity (Wildman–Crippen MR) is 47.1 cm³/mol. The molecule has 1 N–H and O–H groups in total. The van der Waals surface area contributed by atoms with Crippen LogP contribution in [0, 0.1) is 0 Å². The fourth-order valence-corrected chi connectivity index (χ4v) is 0.861. The van der Waals surface area contributed by atoms with E-state index in [2.05, 4.69) is 26.9 Å². The van der Waals surface area contributed by atoms with E-state index in [-0.39, 0.29) is 0 Å². The Bertz CT molecular complexity index is 201. The largest absolute Gasteiger partial charge is 0.380 e. The molecule has 5 nitrogen and oxygen atoms in total. The van der Waals surface area contributed by atoms with Crippen molar-refractivity contribution in [2.45, 2.75) is 19.9 Å². The van der Waals surface area contributed by atoms with Gasteiger partial charge in [0.05, 0.1) is 13.2 Å². The summed E-state index contributed by atoms with van der Waals surface area (Å²) in [7, 11) is 0. The normalized spacial score (nSPS) is 10.5. The monoisotopic (exact) mass is 185 g/mol. The first kappa shape index (κ1) is 10.1. The molecular formula is C8H15N3O2. The minimum absolute atomic E-state index is 0.631. The molecule has 0 fully saturated rings. The summed E-state index contributed by atoms with van der Waals surface area (Å²) in [6.45, 7) is 5.09. The van der Waals surface area contributed by atoms with E-state index in [9.17, 15) is 0 Å². The molecule has 1 aromatic rings. The van der Waals surface area contributed by atoms with Gasteiger partial charge >= 0.3 is 0 Å². The molecule has 0 aromatic carbocycles. The van der Waals surface area contributed by atoms with E-state index in [0.29, 0.717) is 12.4 Å². The van der Waals surface area contributed by atoms with Crippen LogP contribution in [0.15, 0.2) is 10.9 Å². The minimum Gasteiger partial charge on any atom is -0.380 e. The number of hydrogen-bond donors (Lipinski definition) is 1. The van der Waals surface area contributed by atoms with Crippen LogP contribution in [0.5, 0.6) is 0 Å². The molecule has 0 unspecified atom stereocenters. The number of aromatic nitrogens is 2. The zero-order valence-corrected chi connectivity index (χ0v) is 7.82. The van der Waals surface area contributed by atoms with Crippen molar-refractivity contribution in [3.63, 3.8) is 0 Å². The number of nitrogens with one attached hydrogen (secondary N) is 1. The third kappa shape index (κ3) is 4.59. The fraction of sp³-hybridized carbons (Fsp3) is 0.750. The van der Waals surface area contributed by atoms with E-state index in [1.165, 1.54) is 6.39 Å². The standard InChI is InChI=1S/C8H15N3O2/c1-2-4-12-5-3-9-6-8-10-7-13-11-8/h7,9H,2-6H2,1H3. The molecule has 1 rings (SSSR count). The summed E-state index contributed by atoms with van der Waals surface area (Å²) >= 11 is 0. The van der Waals surface area contributed by atoms with Gasteiger partial charge in [0.1, 0.15) is 0 Å². The molecule has 0 aliphatic carbocycles. The van der Waals surface area contributed by atoms with Gasteiger partial charge in [0.15, 0.2) is 5.82 Å². The highest BCUT2D eigenvalue weighted by Gasteiger charge is 1.95. The average Bonchev–Trinajstić information content (AvgIpc) is 2.63. The molecule has 0 radical (unpaired) electrons. The first-order chi connectivity index (χ1) is 6.43. The Morgan fingerprint density at radius 3 is 3.15 bits per heavy atom. The van der Waals surface area contributed by atoms with Crippen molar-refractivity contribution in [2.75, 3.05) is 19.8 Å². The van der Waals surface area contributed by atoms with Gasteiger partial charge in [0.25, 0.3) is 0 Å². The van der Waals surface area contributed by atoms with Crippen LogP contribution in [0.1, 0.15) is 19.2 Å². The van der Waals surface area contributed by atoms with Gasteiger partial charge in [-0.2, -0.15) is 4.98 Å². The molecule has 0 bridgehead atoms. The molecule has 0 saturated carbocycles. The zero-order valence-electron chi connectivity index (χ0n) is 7.82. The lowest BCUT2D eigenvalue weighted by Crippen LogP contribution is -2.20. The van der Waals surface area contributed by atoms with E-state index >= 15 is 0 Å².